The minimum absolute atomic E-state index is 0.866. The molecule has 0 radical (unpaired) electrons. The van der Waals surface area contributed by atoms with Gasteiger partial charge in [0.15, 0.2) is 5.60 Å². The van der Waals surface area contributed by atoms with Crippen LogP contribution in [-0.2, 0) is 14.3 Å². The first-order chi connectivity index (χ1) is 7.44. The molecule has 0 spiro atoms. The van der Waals surface area contributed by atoms with Crippen molar-refractivity contribution >= 4 is 5.97 Å². The van der Waals surface area contributed by atoms with Crippen LogP contribution in [0.5, 0.6) is 0 Å². The minimum Gasteiger partial charge on any atom is -0.467 e. The molecule has 0 aromatic rings. The van der Waals surface area contributed by atoms with E-state index >= 15 is 0 Å². The third kappa shape index (κ3) is 4.43. The van der Waals surface area contributed by atoms with Crippen LogP contribution in [0.2, 0.25) is 0 Å². The lowest BCUT2D eigenvalue weighted by Gasteiger charge is -2.23. The average molecular weight is 266 g/mol. The molecule has 0 amide bonds. The van der Waals surface area contributed by atoms with Crippen molar-refractivity contribution < 1.29 is 41.3 Å². The molecule has 0 aromatic carbocycles. The number of carbonyl (C=O) groups is 1. The number of halogens is 5. The molecule has 1 atom stereocenters. The van der Waals surface area contributed by atoms with Crippen LogP contribution in [0.25, 0.3) is 0 Å². The molecule has 4 nitrogen and oxygen atoms in total. The number of ether oxygens (including phenoxy) is 2. The summed E-state index contributed by atoms with van der Waals surface area (Å²) in [6, 6.07) is 0. The Kier molecular flexibility index (Phi) is 4.84. The van der Waals surface area contributed by atoms with Crippen molar-refractivity contribution in [3.05, 3.63) is 0 Å². The van der Waals surface area contributed by atoms with Crippen LogP contribution in [0.4, 0.5) is 22.0 Å². The van der Waals surface area contributed by atoms with E-state index in [1.807, 2.05) is 0 Å². The summed E-state index contributed by atoms with van der Waals surface area (Å²) < 4.78 is 67.8. The molecule has 0 saturated carbocycles. The summed E-state index contributed by atoms with van der Waals surface area (Å²) in [5.74, 6) is -6.24. The lowest BCUT2D eigenvalue weighted by molar-refractivity contribution is -0.298. The predicted molar refractivity (Wildman–Crippen MR) is 44.5 cm³/mol. The average Bonchev–Trinajstić information content (AvgIpc) is 2.13. The van der Waals surface area contributed by atoms with Crippen LogP contribution < -0.4 is 0 Å². The SMILES string of the molecule is COC(=O)C(C)(O)COCC(F)(F)C(F)(F)F. The molecular formula is C8H11F5O4. The Hall–Kier alpha value is -0.960. The quantitative estimate of drug-likeness (QED) is 0.598. The van der Waals surface area contributed by atoms with Crippen molar-refractivity contribution in [2.75, 3.05) is 20.3 Å². The third-order valence-corrected chi connectivity index (χ3v) is 1.71. The molecule has 0 aliphatic heterocycles. The van der Waals surface area contributed by atoms with Gasteiger partial charge in [0.2, 0.25) is 0 Å². The van der Waals surface area contributed by atoms with Crippen molar-refractivity contribution in [2.45, 2.75) is 24.6 Å². The number of esters is 1. The van der Waals surface area contributed by atoms with Crippen LogP contribution >= 0.6 is 0 Å². The van der Waals surface area contributed by atoms with Gasteiger partial charge in [0.05, 0.1) is 13.7 Å². The van der Waals surface area contributed by atoms with Gasteiger partial charge in [-0.15, -0.1) is 0 Å². The van der Waals surface area contributed by atoms with Gasteiger partial charge >= 0.3 is 18.1 Å². The van der Waals surface area contributed by atoms with Gasteiger partial charge in [-0.2, -0.15) is 22.0 Å². The smallest absolute Gasteiger partial charge is 0.455 e. The second-order valence-electron chi connectivity index (χ2n) is 3.46. The van der Waals surface area contributed by atoms with Crippen molar-refractivity contribution in [1.29, 1.82) is 0 Å². The highest BCUT2D eigenvalue weighted by atomic mass is 19.4. The van der Waals surface area contributed by atoms with Crippen molar-refractivity contribution in [3.8, 4) is 0 Å². The maximum absolute atomic E-state index is 12.3. The van der Waals surface area contributed by atoms with E-state index in [2.05, 4.69) is 9.47 Å². The van der Waals surface area contributed by atoms with Crippen LogP contribution in [0.3, 0.4) is 0 Å². The van der Waals surface area contributed by atoms with Gasteiger partial charge in [0.25, 0.3) is 0 Å². The van der Waals surface area contributed by atoms with E-state index in [0.717, 1.165) is 14.0 Å². The molecule has 1 N–H and O–H groups in total. The highest BCUT2D eigenvalue weighted by Gasteiger charge is 2.57. The minimum atomic E-state index is -5.75. The summed E-state index contributed by atoms with van der Waals surface area (Å²) in [6.07, 6.45) is -5.75. The van der Waals surface area contributed by atoms with E-state index < -0.39 is 36.9 Å². The first kappa shape index (κ1) is 16.0. The fraction of sp³-hybridized carbons (Fsp3) is 0.875. The molecule has 0 aromatic heterocycles. The number of hydrogen-bond donors (Lipinski definition) is 1. The summed E-state index contributed by atoms with van der Waals surface area (Å²) in [4.78, 5) is 10.8. The Morgan fingerprint density at radius 3 is 2.00 bits per heavy atom. The Balaban J connectivity index is 4.30. The summed E-state index contributed by atoms with van der Waals surface area (Å²) in [6.45, 7) is -2.15. The van der Waals surface area contributed by atoms with Gasteiger partial charge < -0.3 is 14.6 Å². The van der Waals surface area contributed by atoms with E-state index in [1.54, 1.807) is 0 Å². The third-order valence-electron chi connectivity index (χ3n) is 1.71. The molecule has 102 valence electrons. The normalized spacial score (nSPS) is 16.5. The molecule has 9 heteroatoms. The summed E-state index contributed by atoms with van der Waals surface area (Å²) in [5, 5.41) is 9.26. The van der Waals surface area contributed by atoms with Crippen LogP contribution in [0.1, 0.15) is 6.92 Å². The van der Waals surface area contributed by atoms with Gasteiger partial charge in [0.1, 0.15) is 6.61 Å². The van der Waals surface area contributed by atoms with Gasteiger partial charge in [-0.3, -0.25) is 0 Å². The second kappa shape index (κ2) is 5.13. The number of rotatable bonds is 5. The number of aliphatic hydroxyl groups is 1. The molecule has 0 bridgehead atoms. The molecule has 17 heavy (non-hydrogen) atoms. The number of methoxy groups -OCH3 is 1. The predicted octanol–water partition coefficient (Wildman–Crippen LogP) is 1.12. The number of hydrogen-bond acceptors (Lipinski definition) is 4. The lowest BCUT2D eigenvalue weighted by atomic mass is 10.1. The molecule has 0 fully saturated rings. The standard InChI is InChI=1S/C8H11F5O4/c1-6(15,5(14)16-2)3-17-4-7(9,10)8(11,12)13/h15H,3-4H2,1-2H3. The Morgan fingerprint density at radius 2 is 1.65 bits per heavy atom. The van der Waals surface area contributed by atoms with Crippen LogP contribution in [0, 0.1) is 0 Å². The van der Waals surface area contributed by atoms with Crippen molar-refractivity contribution in [1.82, 2.24) is 0 Å². The maximum atomic E-state index is 12.3. The molecular weight excluding hydrogens is 255 g/mol. The van der Waals surface area contributed by atoms with Gasteiger partial charge in [-0.25, -0.2) is 4.79 Å². The maximum Gasteiger partial charge on any atom is 0.455 e. The lowest BCUT2D eigenvalue weighted by Crippen LogP contribution is -2.45. The topological polar surface area (TPSA) is 55.8 Å². The van der Waals surface area contributed by atoms with Crippen LogP contribution in [0.15, 0.2) is 0 Å². The Bertz CT molecular complexity index is 274. The second-order valence-corrected chi connectivity index (χ2v) is 3.46. The Labute approximate surface area is 93.3 Å². The number of alkyl halides is 5. The van der Waals surface area contributed by atoms with Crippen molar-refractivity contribution in [3.63, 3.8) is 0 Å². The first-order valence-electron chi connectivity index (χ1n) is 4.27. The first-order valence-corrected chi connectivity index (χ1v) is 4.27. The van der Waals surface area contributed by atoms with Crippen LogP contribution in [-0.4, -0.2) is 49.1 Å². The number of carbonyl (C=O) groups excluding carboxylic acids is 1. The highest BCUT2D eigenvalue weighted by Crippen LogP contribution is 2.35. The highest BCUT2D eigenvalue weighted by molar-refractivity contribution is 5.78. The Morgan fingerprint density at radius 1 is 1.18 bits per heavy atom. The summed E-state index contributed by atoms with van der Waals surface area (Å²) in [5.41, 5.74) is -2.28. The summed E-state index contributed by atoms with van der Waals surface area (Å²) >= 11 is 0. The molecule has 0 saturated heterocycles. The molecule has 0 aliphatic carbocycles. The molecule has 1 unspecified atom stereocenters. The summed E-state index contributed by atoms with van der Waals surface area (Å²) in [7, 11) is 0.918. The van der Waals surface area contributed by atoms with Gasteiger partial charge in [-0.1, -0.05) is 0 Å². The zero-order valence-corrected chi connectivity index (χ0v) is 8.98. The van der Waals surface area contributed by atoms with Gasteiger partial charge in [-0.05, 0) is 6.92 Å². The molecule has 0 rings (SSSR count). The molecule has 0 aliphatic rings. The monoisotopic (exact) mass is 266 g/mol. The van der Waals surface area contributed by atoms with Crippen molar-refractivity contribution in [2.24, 2.45) is 0 Å². The van der Waals surface area contributed by atoms with E-state index in [9.17, 15) is 31.9 Å². The van der Waals surface area contributed by atoms with E-state index in [1.165, 1.54) is 0 Å². The fourth-order valence-corrected chi connectivity index (χ4v) is 0.739. The van der Waals surface area contributed by atoms with E-state index in [-0.39, 0.29) is 0 Å². The van der Waals surface area contributed by atoms with Gasteiger partial charge in [0, 0.05) is 0 Å². The molecule has 0 heterocycles. The fourth-order valence-electron chi connectivity index (χ4n) is 0.739. The zero-order valence-electron chi connectivity index (χ0n) is 8.98. The largest absolute Gasteiger partial charge is 0.467 e. The zero-order chi connectivity index (χ0) is 13.9. The van der Waals surface area contributed by atoms with E-state index in [0.29, 0.717) is 0 Å². The van der Waals surface area contributed by atoms with E-state index in [4.69, 9.17) is 0 Å².